The van der Waals surface area contributed by atoms with Gasteiger partial charge in [-0.15, -0.1) is 6.42 Å². The lowest BCUT2D eigenvalue weighted by Gasteiger charge is -2.28. The number of benzene rings is 1. The maximum Gasteiger partial charge on any atom is 0.268 e. The highest BCUT2D eigenvalue weighted by Crippen LogP contribution is 2.29. The van der Waals surface area contributed by atoms with E-state index in [0.29, 0.717) is 35.7 Å². The fourth-order valence-electron chi connectivity index (χ4n) is 4.26. The highest BCUT2D eigenvalue weighted by molar-refractivity contribution is 6.35. The largest absolute Gasteiger partial charge is 0.497 e. The molecule has 2 heterocycles. The van der Waals surface area contributed by atoms with Crippen molar-refractivity contribution in [2.75, 3.05) is 13.7 Å². The van der Waals surface area contributed by atoms with Crippen LogP contribution in [0.25, 0.3) is 10.9 Å². The van der Waals surface area contributed by atoms with Crippen LogP contribution in [-0.2, 0) is 9.59 Å². The minimum atomic E-state index is -0.824. The van der Waals surface area contributed by atoms with Crippen molar-refractivity contribution < 1.29 is 19.1 Å². The van der Waals surface area contributed by atoms with Crippen LogP contribution in [0.5, 0.6) is 5.75 Å². The zero-order chi connectivity index (χ0) is 25.8. The van der Waals surface area contributed by atoms with Crippen molar-refractivity contribution in [2.45, 2.75) is 58.5 Å². The highest BCUT2D eigenvalue weighted by Gasteiger charge is 2.30. The van der Waals surface area contributed by atoms with Crippen LogP contribution >= 0.6 is 11.6 Å². The van der Waals surface area contributed by atoms with E-state index in [4.69, 9.17) is 22.8 Å². The zero-order valence-electron chi connectivity index (χ0n) is 20.6. The molecule has 9 heteroatoms. The predicted octanol–water partition coefficient (Wildman–Crippen LogP) is 3.40. The predicted molar refractivity (Wildman–Crippen MR) is 136 cm³/mol. The number of aromatic amines is 1. The summed E-state index contributed by atoms with van der Waals surface area (Å²) in [5.74, 6) is 2.05. The van der Waals surface area contributed by atoms with Gasteiger partial charge < -0.3 is 25.7 Å². The smallest absolute Gasteiger partial charge is 0.268 e. The van der Waals surface area contributed by atoms with Gasteiger partial charge in [0.1, 0.15) is 17.5 Å². The van der Waals surface area contributed by atoms with E-state index < -0.39 is 18.0 Å². The Kier molecular flexibility index (Phi) is 8.34. The number of carbonyl (C=O) groups is 3. The molecule has 8 nitrogen and oxygen atoms in total. The number of piperidine rings is 1. The first kappa shape index (κ1) is 26.4. The van der Waals surface area contributed by atoms with Gasteiger partial charge >= 0.3 is 0 Å². The van der Waals surface area contributed by atoms with Crippen LogP contribution in [0.15, 0.2) is 18.2 Å². The van der Waals surface area contributed by atoms with Gasteiger partial charge in [0.05, 0.1) is 23.7 Å². The third kappa shape index (κ3) is 6.92. The number of methoxy groups -OCH3 is 1. The molecule has 0 saturated carbocycles. The van der Waals surface area contributed by atoms with Crippen molar-refractivity contribution >= 4 is 40.2 Å². The molecule has 0 radical (unpaired) electrons. The summed E-state index contributed by atoms with van der Waals surface area (Å²) >= 11 is 6.31. The lowest BCUT2D eigenvalue weighted by molar-refractivity contribution is -0.128. The van der Waals surface area contributed by atoms with Gasteiger partial charge in [0, 0.05) is 23.9 Å². The van der Waals surface area contributed by atoms with E-state index in [0.717, 1.165) is 18.2 Å². The number of carbonyl (C=O) groups excluding carboxylic acids is 3. The summed E-state index contributed by atoms with van der Waals surface area (Å²) in [7, 11) is 1.54. The molecule has 1 aliphatic rings. The van der Waals surface area contributed by atoms with Gasteiger partial charge in [0.2, 0.25) is 11.8 Å². The summed E-state index contributed by atoms with van der Waals surface area (Å²) in [6, 6.07) is 3.65. The van der Waals surface area contributed by atoms with Crippen LogP contribution in [0, 0.1) is 23.7 Å². The first-order chi connectivity index (χ1) is 16.5. The summed E-state index contributed by atoms with van der Waals surface area (Å²) < 4.78 is 5.24. The fraction of sp³-hybridized carbons (Fsp3) is 0.500. The van der Waals surface area contributed by atoms with Crippen molar-refractivity contribution in [3.05, 3.63) is 28.9 Å². The average Bonchev–Trinajstić information content (AvgIpc) is 3.23. The lowest BCUT2D eigenvalue weighted by Crippen LogP contribution is -2.51. The Bertz CT molecular complexity index is 1140. The molecule has 1 aliphatic heterocycles. The second-order valence-electron chi connectivity index (χ2n) is 10.1. The highest BCUT2D eigenvalue weighted by atomic mass is 35.5. The molecule has 3 unspecified atom stereocenters. The van der Waals surface area contributed by atoms with Crippen LogP contribution in [0.2, 0.25) is 5.02 Å². The second-order valence-corrected chi connectivity index (χ2v) is 10.5. The Hall–Kier alpha value is -3.18. The van der Waals surface area contributed by atoms with Gasteiger partial charge in [0.25, 0.3) is 5.91 Å². The topological polar surface area (TPSA) is 112 Å². The van der Waals surface area contributed by atoms with E-state index in [-0.39, 0.29) is 28.8 Å². The average molecular weight is 501 g/mol. The third-order valence-electron chi connectivity index (χ3n) is 6.01. The van der Waals surface area contributed by atoms with E-state index in [1.165, 1.54) is 7.11 Å². The normalized spacial score (nSPS) is 17.7. The lowest BCUT2D eigenvalue weighted by atomic mass is 9.87. The number of ether oxygens (including phenoxy) is 1. The van der Waals surface area contributed by atoms with Crippen LogP contribution in [0.1, 0.15) is 56.9 Å². The molecule has 0 aliphatic carbocycles. The summed E-state index contributed by atoms with van der Waals surface area (Å²) in [4.78, 5) is 41.5. The van der Waals surface area contributed by atoms with E-state index in [2.05, 4.69) is 26.9 Å². The SMILES string of the molecule is C#CC(CC1CCCNC1=O)NC(=O)C(CC(C)(C)C)NC(=O)c1cc2cc(OC)cc(Cl)c2[nH]1. The number of aromatic nitrogens is 1. The minimum absolute atomic E-state index is 0.0422. The molecule has 0 bridgehead atoms. The Morgan fingerprint density at radius 1 is 1.29 bits per heavy atom. The van der Waals surface area contributed by atoms with Crippen LogP contribution < -0.4 is 20.7 Å². The number of hydrogen-bond donors (Lipinski definition) is 4. The Morgan fingerprint density at radius 3 is 2.66 bits per heavy atom. The van der Waals surface area contributed by atoms with Gasteiger partial charge in [-0.1, -0.05) is 38.3 Å². The molecule has 0 spiro atoms. The van der Waals surface area contributed by atoms with Gasteiger partial charge in [-0.3, -0.25) is 14.4 Å². The maximum absolute atomic E-state index is 13.2. The van der Waals surface area contributed by atoms with Crippen LogP contribution in [0.3, 0.4) is 0 Å². The molecule has 4 N–H and O–H groups in total. The fourth-order valence-corrected chi connectivity index (χ4v) is 4.52. The van der Waals surface area contributed by atoms with Crippen molar-refractivity contribution in [2.24, 2.45) is 11.3 Å². The quantitative estimate of drug-likeness (QED) is 0.416. The van der Waals surface area contributed by atoms with Crippen LogP contribution in [-0.4, -0.2) is 48.4 Å². The molecule has 3 rings (SSSR count). The van der Waals surface area contributed by atoms with Gasteiger partial charge in [-0.25, -0.2) is 0 Å². The molecule has 3 atom stereocenters. The van der Waals surface area contributed by atoms with E-state index in [9.17, 15) is 14.4 Å². The van der Waals surface area contributed by atoms with Gasteiger partial charge in [-0.2, -0.15) is 0 Å². The molecule has 1 aromatic heterocycles. The molecule has 2 aromatic rings. The Morgan fingerprint density at radius 2 is 2.03 bits per heavy atom. The minimum Gasteiger partial charge on any atom is -0.497 e. The van der Waals surface area contributed by atoms with Gasteiger partial charge in [-0.05, 0) is 43.2 Å². The van der Waals surface area contributed by atoms with E-state index in [1.54, 1.807) is 18.2 Å². The van der Waals surface area contributed by atoms with Gasteiger partial charge in [0.15, 0.2) is 0 Å². The van der Waals surface area contributed by atoms with Crippen molar-refractivity contribution in [1.29, 1.82) is 0 Å². The summed E-state index contributed by atoms with van der Waals surface area (Å²) in [5, 5.41) is 9.66. The second kappa shape index (κ2) is 11.0. The monoisotopic (exact) mass is 500 g/mol. The number of rotatable bonds is 8. The van der Waals surface area contributed by atoms with Crippen molar-refractivity contribution in [3.8, 4) is 18.1 Å². The standard InChI is InChI=1S/C26H33ClN4O4/c1-6-17(10-15-8-7-9-28-23(15)32)29-25(34)21(14-26(2,3)4)31-24(33)20-12-16-11-18(35-5)13-19(27)22(16)30-20/h1,11-13,15,17,21,30H,7-10,14H2,2-5H3,(H,28,32)(H,29,34)(H,31,33). The van der Waals surface area contributed by atoms with Crippen molar-refractivity contribution in [3.63, 3.8) is 0 Å². The Labute approximate surface area is 210 Å². The van der Waals surface area contributed by atoms with E-state index >= 15 is 0 Å². The summed E-state index contributed by atoms with van der Waals surface area (Å²) in [6.07, 6.45) is 8.03. The first-order valence-electron chi connectivity index (χ1n) is 11.7. The first-order valence-corrected chi connectivity index (χ1v) is 12.1. The summed E-state index contributed by atoms with van der Waals surface area (Å²) in [6.45, 7) is 6.62. The number of H-pyrrole nitrogens is 1. The molecular weight excluding hydrogens is 468 g/mol. The number of fused-ring (bicyclic) bond motifs is 1. The third-order valence-corrected chi connectivity index (χ3v) is 6.31. The maximum atomic E-state index is 13.2. The van der Waals surface area contributed by atoms with Crippen molar-refractivity contribution in [1.82, 2.24) is 20.9 Å². The van der Waals surface area contributed by atoms with E-state index in [1.807, 2.05) is 20.8 Å². The Balaban J connectivity index is 1.75. The number of nitrogens with one attached hydrogen (secondary N) is 4. The number of amides is 3. The molecule has 1 aromatic carbocycles. The molecule has 188 valence electrons. The molecule has 35 heavy (non-hydrogen) atoms. The van der Waals surface area contributed by atoms with Crippen LogP contribution in [0.4, 0.5) is 0 Å². The summed E-state index contributed by atoms with van der Waals surface area (Å²) in [5.41, 5.74) is 0.628. The number of halogens is 1. The number of hydrogen-bond acceptors (Lipinski definition) is 4. The molecular formula is C26H33ClN4O4. The zero-order valence-corrected chi connectivity index (χ0v) is 21.3. The molecule has 3 amide bonds. The molecule has 1 saturated heterocycles. The molecule has 1 fully saturated rings. The number of terminal acetylenes is 1.